The number of benzene rings is 1. The first-order valence-electron chi connectivity index (χ1n) is 7.60. The Kier molecular flexibility index (Phi) is 5.36. The van der Waals surface area contributed by atoms with Gasteiger partial charge < -0.3 is 5.32 Å². The third kappa shape index (κ3) is 3.70. The van der Waals surface area contributed by atoms with Crippen LogP contribution in [0.2, 0.25) is 0 Å². The van der Waals surface area contributed by atoms with E-state index in [-0.39, 0.29) is 0 Å². The highest BCUT2D eigenvalue weighted by Gasteiger charge is 2.06. The molecular weight excluding hydrogens is 246 g/mol. The molecule has 0 saturated heterocycles. The molecule has 0 saturated carbocycles. The first kappa shape index (κ1) is 14.8. The first-order chi connectivity index (χ1) is 9.76. The molecule has 0 radical (unpaired) electrons. The van der Waals surface area contributed by atoms with Crippen molar-refractivity contribution >= 4 is 0 Å². The molecule has 1 aromatic heterocycles. The molecule has 0 unspecified atom stereocenters. The van der Waals surface area contributed by atoms with Crippen LogP contribution >= 0.6 is 0 Å². The van der Waals surface area contributed by atoms with Crippen molar-refractivity contribution in [2.24, 2.45) is 0 Å². The van der Waals surface area contributed by atoms with Gasteiger partial charge in [0.2, 0.25) is 0 Å². The predicted octanol–water partition coefficient (Wildman–Crippen LogP) is 3.17. The fraction of sp³-hybridized carbons (Fsp3) is 0.471. The second-order valence-corrected chi connectivity index (χ2v) is 5.09. The zero-order valence-corrected chi connectivity index (χ0v) is 12.8. The van der Waals surface area contributed by atoms with Gasteiger partial charge in [0.05, 0.1) is 12.2 Å². The summed E-state index contributed by atoms with van der Waals surface area (Å²) in [5, 5.41) is 8.06. The van der Waals surface area contributed by atoms with E-state index in [4.69, 9.17) is 0 Å². The normalized spacial score (nSPS) is 10.9. The van der Waals surface area contributed by atoms with E-state index in [0.29, 0.717) is 0 Å². The van der Waals surface area contributed by atoms with Crippen molar-refractivity contribution < 1.29 is 0 Å². The zero-order chi connectivity index (χ0) is 14.4. The molecule has 0 aliphatic carbocycles. The number of aryl methyl sites for hydroxylation is 2. The Bertz CT molecular complexity index is 543. The van der Waals surface area contributed by atoms with Crippen molar-refractivity contribution in [3.05, 3.63) is 52.8 Å². The number of nitrogens with zero attached hydrogens (tertiary/aromatic N) is 2. The Morgan fingerprint density at radius 3 is 2.55 bits per heavy atom. The van der Waals surface area contributed by atoms with Gasteiger partial charge in [-0.25, -0.2) is 0 Å². The minimum Gasteiger partial charge on any atom is -0.313 e. The van der Waals surface area contributed by atoms with E-state index >= 15 is 0 Å². The van der Waals surface area contributed by atoms with E-state index in [9.17, 15) is 0 Å². The van der Waals surface area contributed by atoms with Gasteiger partial charge in [0, 0.05) is 12.2 Å². The minimum atomic E-state index is 0.864. The van der Waals surface area contributed by atoms with Crippen LogP contribution in [-0.2, 0) is 25.9 Å². The average Bonchev–Trinajstić information content (AvgIpc) is 2.87. The largest absolute Gasteiger partial charge is 0.313 e. The van der Waals surface area contributed by atoms with Crippen LogP contribution in [0.5, 0.6) is 0 Å². The molecule has 0 bridgehead atoms. The van der Waals surface area contributed by atoms with Crippen LogP contribution < -0.4 is 5.32 Å². The molecule has 2 aromatic rings. The summed E-state index contributed by atoms with van der Waals surface area (Å²) < 4.78 is 2.14. The van der Waals surface area contributed by atoms with Crippen molar-refractivity contribution in [1.82, 2.24) is 15.1 Å². The SMILES string of the molecule is CCNCc1cccc(Cn2nc(CC)cc2CC)c1. The lowest BCUT2D eigenvalue weighted by Gasteiger charge is -2.08. The molecule has 2 rings (SSSR count). The van der Waals surface area contributed by atoms with Gasteiger partial charge >= 0.3 is 0 Å². The highest BCUT2D eigenvalue weighted by atomic mass is 15.3. The molecule has 0 amide bonds. The summed E-state index contributed by atoms with van der Waals surface area (Å²) in [7, 11) is 0. The number of nitrogens with one attached hydrogen (secondary N) is 1. The summed E-state index contributed by atoms with van der Waals surface area (Å²) in [5.74, 6) is 0. The third-order valence-corrected chi connectivity index (χ3v) is 3.54. The molecule has 1 N–H and O–H groups in total. The summed E-state index contributed by atoms with van der Waals surface area (Å²) in [6.07, 6.45) is 2.03. The summed E-state index contributed by atoms with van der Waals surface area (Å²) in [6, 6.07) is 11.0. The van der Waals surface area contributed by atoms with E-state index in [1.807, 2.05) is 0 Å². The average molecular weight is 271 g/mol. The van der Waals surface area contributed by atoms with Gasteiger partial charge in [0.25, 0.3) is 0 Å². The van der Waals surface area contributed by atoms with Gasteiger partial charge in [-0.1, -0.05) is 45.0 Å². The topological polar surface area (TPSA) is 29.9 Å². The molecule has 3 heteroatoms. The monoisotopic (exact) mass is 271 g/mol. The van der Waals surface area contributed by atoms with Crippen LogP contribution in [0.1, 0.15) is 43.3 Å². The molecule has 0 fully saturated rings. The maximum absolute atomic E-state index is 4.69. The van der Waals surface area contributed by atoms with Crippen molar-refractivity contribution in [3.8, 4) is 0 Å². The van der Waals surface area contributed by atoms with E-state index in [2.05, 4.69) is 66.2 Å². The predicted molar refractivity (Wildman–Crippen MR) is 83.9 cm³/mol. The Hall–Kier alpha value is -1.61. The molecule has 20 heavy (non-hydrogen) atoms. The molecular formula is C17H25N3. The smallest absolute Gasteiger partial charge is 0.0662 e. The van der Waals surface area contributed by atoms with Gasteiger partial charge in [-0.05, 0) is 36.6 Å². The summed E-state index contributed by atoms with van der Waals surface area (Å²) in [6.45, 7) is 9.28. The van der Waals surface area contributed by atoms with Crippen molar-refractivity contribution in [2.75, 3.05) is 6.54 Å². The molecule has 0 aliphatic rings. The Labute approximate surface area is 122 Å². The Morgan fingerprint density at radius 1 is 1.05 bits per heavy atom. The van der Waals surface area contributed by atoms with Crippen molar-refractivity contribution in [1.29, 1.82) is 0 Å². The van der Waals surface area contributed by atoms with E-state index in [0.717, 1.165) is 32.5 Å². The second-order valence-electron chi connectivity index (χ2n) is 5.09. The highest BCUT2D eigenvalue weighted by molar-refractivity contribution is 5.24. The molecule has 0 spiro atoms. The maximum atomic E-state index is 4.69. The van der Waals surface area contributed by atoms with Gasteiger partial charge in [0.15, 0.2) is 0 Å². The molecule has 108 valence electrons. The van der Waals surface area contributed by atoms with Crippen LogP contribution in [0.25, 0.3) is 0 Å². The molecule has 1 aromatic carbocycles. The van der Waals surface area contributed by atoms with Crippen LogP contribution in [0, 0.1) is 0 Å². The molecule has 1 heterocycles. The van der Waals surface area contributed by atoms with Crippen molar-refractivity contribution in [2.45, 2.75) is 46.7 Å². The summed E-state index contributed by atoms with van der Waals surface area (Å²) in [4.78, 5) is 0. The molecule has 3 nitrogen and oxygen atoms in total. The summed E-state index contributed by atoms with van der Waals surface area (Å²) in [5.41, 5.74) is 5.16. The minimum absolute atomic E-state index is 0.864. The number of hydrogen-bond acceptors (Lipinski definition) is 2. The van der Waals surface area contributed by atoms with Crippen LogP contribution in [0.3, 0.4) is 0 Å². The van der Waals surface area contributed by atoms with Crippen LogP contribution in [-0.4, -0.2) is 16.3 Å². The van der Waals surface area contributed by atoms with Crippen molar-refractivity contribution in [3.63, 3.8) is 0 Å². The van der Waals surface area contributed by atoms with E-state index in [1.54, 1.807) is 0 Å². The number of hydrogen-bond donors (Lipinski definition) is 1. The van der Waals surface area contributed by atoms with E-state index in [1.165, 1.54) is 22.5 Å². The lowest BCUT2D eigenvalue weighted by Crippen LogP contribution is -2.12. The zero-order valence-electron chi connectivity index (χ0n) is 12.8. The maximum Gasteiger partial charge on any atom is 0.0662 e. The van der Waals surface area contributed by atoms with Gasteiger partial charge in [0.1, 0.15) is 0 Å². The quantitative estimate of drug-likeness (QED) is 0.838. The van der Waals surface area contributed by atoms with Crippen LogP contribution in [0.15, 0.2) is 30.3 Å². The summed E-state index contributed by atoms with van der Waals surface area (Å²) >= 11 is 0. The van der Waals surface area contributed by atoms with Gasteiger partial charge in [-0.3, -0.25) is 4.68 Å². The highest BCUT2D eigenvalue weighted by Crippen LogP contribution is 2.11. The standard InChI is InChI=1S/C17H25N3/c1-4-16-11-17(5-2)20(19-16)13-15-9-7-8-14(10-15)12-18-6-3/h7-11,18H,4-6,12-13H2,1-3H3. The lowest BCUT2D eigenvalue weighted by molar-refractivity contribution is 0.639. The third-order valence-electron chi connectivity index (χ3n) is 3.54. The number of rotatable bonds is 7. The molecule has 0 atom stereocenters. The first-order valence-corrected chi connectivity index (χ1v) is 7.60. The fourth-order valence-corrected chi connectivity index (χ4v) is 2.39. The Balaban J connectivity index is 2.14. The van der Waals surface area contributed by atoms with Crippen LogP contribution in [0.4, 0.5) is 0 Å². The molecule has 0 aliphatic heterocycles. The fourth-order valence-electron chi connectivity index (χ4n) is 2.39. The number of aromatic nitrogens is 2. The lowest BCUT2D eigenvalue weighted by atomic mass is 10.1. The Morgan fingerprint density at radius 2 is 1.85 bits per heavy atom. The second kappa shape index (κ2) is 7.25. The van der Waals surface area contributed by atoms with Gasteiger partial charge in [-0.15, -0.1) is 0 Å². The van der Waals surface area contributed by atoms with Gasteiger partial charge in [-0.2, -0.15) is 5.10 Å². The van der Waals surface area contributed by atoms with E-state index < -0.39 is 0 Å².